The maximum Gasteiger partial charge on any atom is 0.225 e. The minimum absolute atomic E-state index is 0.0158. The number of carbonyl (C=O) groups excluding carboxylic acids is 1. The summed E-state index contributed by atoms with van der Waals surface area (Å²) in [6.45, 7) is 5.51. The predicted molar refractivity (Wildman–Crippen MR) is 53.5 cm³/mol. The van der Waals surface area contributed by atoms with Gasteiger partial charge in [-0.15, -0.1) is 6.58 Å². The van der Waals surface area contributed by atoms with Gasteiger partial charge in [0.1, 0.15) is 0 Å². The van der Waals surface area contributed by atoms with E-state index in [1.807, 2.05) is 13.0 Å². The summed E-state index contributed by atoms with van der Waals surface area (Å²) in [4.78, 5) is 11.3. The first kappa shape index (κ1) is 12.2. The fraction of sp³-hybridized carbons (Fsp3) is 0.700. The molecule has 0 aromatic heterocycles. The lowest BCUT2D eigenvalue weighted by Crippen LogP contribution is -2.34. The fourth-order valence-electron chi connectivity index (χ4n) is 1.25. The predicted octanol–water partition coefficient (Wildman–Crippen LogP) is 1.35. The molecule has 0 aliphatic rings. The van der Waals surface area contributed by atoms with Crippen molar-refractivity contribution in [2.45, 2.75) is 25.9 Å². The Kier molecular flexibility index (Phi) is 6.24. The van der Waals surface area contributed by atoms with Crippen molar-refractivity contribution in [1.29, 1.82) is 0 Å². The first-order chi connectivity index (χ1) is 6.17. The van der Waals surface area contributed by atoms with Gasteiger partial charge in [0, 0.05) is 14.2 Å². The van der Waals surface area contributed by atoms with Gasteiger partial charge in [-0.25, -0.2) is 0 Å². The summed E-state index contributed by atoms with van der Waals surface area (Å²) in [6.07, 6.45) is 3.54. The normalized spacial score (nSPS) is 14.7. The van der Waals surface area contributed by atoms with Crippen LogP contribution in [0.5, 0.6) is 0 Å². The molecule has 2 atom stereocenters. The second-order valence-corrected chi connectivity index (χ2v) is 3.04. The van der Waals surface area contributed by atoms with E-state index in [4.69, 9.17) is 4.74 Å². The summed E-state index contributed by atoms with van der Waals surface area (Å²) < 4.78 is 5.23. The SMILES string of the molecule is C=CCC[C@@H](OC)[C@@H](C)C(=O)NC. The molecule has 0 aliphatic heterocycles. The van der Waals surface area contributed by atoms with Gasteiger partial charge >= 0.3 is 0 Å². The number of hydrogen-bond acceptors (Lipinski definition) is 2. The van der Waals surface area contributed by atoms with Crippen LogP contribution in [0.3, 0.4) is 0 Å². The van der Waals surface area contributed by atoms with E-state index in [2.05, 4.69) is 11.9 Å². The van der Waals surface area contributed by atoms with Crippen LogP contribution in [0, 0.1) is 5.92 Å². The number of nitrogens with one attached hydrogen (secondary N) is 1. The van der Waals surface area contributed by atoms with Gasteiger partial charge in [0.25, 0.3) is 0 Å². The van der Waals surface area contributed by atoms with Gasteiger partial charge in [0.05, 0.1) is 12.0 Å². The molecule has 0 spiro atoms. The summed E-state index contributed by atoms with van der Waals surface area (Å²) in [7, 11) is 3.27. The van der Waals surface area contributed by atoms with E-state index in [0.717, 1.165) is 12.8 Å². The highest BCUT2D eigenvalue weighted by Crippen LogP contribution is 2.12. The average Bonchev–Trinajstić information content (AvgIpc) is 2.17. The van der Waals surface area contributed by atoms with Crippen LogP contribution in [0.4, 0.5) is 0 Å². The Morgan fingerprint density at radius 1 is 1.69 bits per heavy atom. The molecule has 0 fully saturated rings. The van der Waals surface area contributed by atoms with Crippen molar-refractivity contribution in [1.82, 2.24) is 5.32 Å². The molecule has 0 rings (SSSR count). The molecule has 0 heterocycles. The third-order valence-electron chi connectivity index (χ3n) is 2.18. The number of methoxy groups -OCH3 is 1. The molecule has 0 aromatic rings. The molecule has 76 valence electrons. The molecule has 3 nitrogen and oxygen atoms in total. The van der Waals surface area contributed by atoms with Crippen molar-refractivity contribution in [3.63, 3.8) is 0 Å². The van der Waals surface area contributed by atoms with Gasteiger partial charge in [-0.1, -0.05) is 13.0 Å². The molecule has 0 aliphatic carbocycles. The highest BCUT2D eigenvalue weighted by Gasteiger charge is 2.21. The van der Waals surface area contributed by atoms with E-state index in [0.29, 0.717) is 0 Å². The van der Waals surface area contributed by atoms with Gasteiger partial charge in [-0.05, 0) is 12.8 Å². The maximum atomic E-state index is 11.3. The zero-order valence-electron chi connectivity index (χ0n) is 8.67. The van der Waals surface area contributed by atoms with Crippen LogP contribution in [0.25, 0.3) is 0 Å². The summed E-state index contributed by atoms with van der Waals surface area (Å²) in [5, 5.41) is 2.61. The smallest absolute Gasteiger partial charge is 0.225 e. The van der Waals surface area contributed by atoms with Gasteiger partial charge in [-0.2, -0.15) is 0 Å². The maximum absolute atomic E-state index is 11.3. The van der Waals surface area contributed by atoms with E-state index >= 15 is 0 Å². The molecule has 13 heavy (non-hydrogen) atoms. The standard InChI is InChI=1S/C10H19NO2/c1-5-6-7-9(13-4)8(2)10(12)11-3/h5,8-9H,1,6-7H2,2-4H3,(H,11,12)/t8-,9-/m1/s1. The van der Waals surface area contributed by atoms with Gasteiger partial charge in [0.15, 0.2) is 0 Å². The van der Waals surface area contributed by atoms with Crippen molar-refractivity contribution in [3.05, 3.63) is 12.7 Å². The second-order valence-electron chi connectivity index (χ2n) is 3.04. The Hall–Kier alpha value is -0.830. The topological polar surface area (TPSA) is 38.3 Å². The second kappa shape index (κ2) is 6.66. The highest BCUT2D eigenvalue weighted by atomic mass is 16.5. The lowest BCUT2D eigenvalue weighted by atomic mass is 9.99. The highest BCUT2D eigenvalue weighted by molar-refractivity contribution is 5.78. The van der Waals surface area contributed by atoms with E-state index < -0.39 is 0 Å². The van der Waals surface area contributed by atoms with E-state index in [9.17, 15) is 4.79 Å². The Balaban J connectivity index is 4.05. The van der Waals surface area contributed by atoms with Crippen molar-refractivity contribution in [2.75, 3.05) is 14.2 Å². The molecular weight excluding hydrogens is 166 g/mol. The number of hydrogen-bond donors (Lipinski definition) is 1. The van der Waals surface area contributed by atoms with Crippen LogP contribution in [-0.4, -0.2) is 26.2 Å². The Morgan fingerprint density at radius 3 is 2.69 bits per heavy atom. The molecule has 1 N–H and O–H groups in total. The molecule has 0 saturated carbocycles. The number of allylic oxidation sites excluding steroid dienone is 1. The van der Waals surface area contributed by atoms with Crippen molar-refractivity contribution >= 4 is 5.91 Å². The fourth-order valence-corrected chi connectivity index (χ4v) is 1.25. The van der Waals surface area contributed by atoms with Crippen LogP contribution in [0.1, 0.15) is 19.8 Å². The van der Waals surface area contributed by atoms with Gasteiger partial charge < -0.3 is 10.1 Å². The summed E-state index contributed by atoms with van der Waals surface area (Å²) >= 11 is 0. The molecule has 0 bridgehead atoms. The minimum atomic E-state index is -0.102. The summed E-state index contributed by atoms with van der Waals surface area (Å²) in [6, 6.07) is 0. The van der Waals surface area contributed by atoms with Gasteiger partial charge in [0.2, 0.25) is 5.91 Å². The lowest BCUT2D eigenvalue weighted by molar-refractivity contribution is -0.128. The average molecular weight is 185 g/mol. The first-order valence-electron chi connectivity index (χ1n) is 4.52. The Bertz CT molecular complexity index is 168. The third kappa shape index (κ3) is 4.08. The Labute approximate surface area is 80.2 Å². The number of carbonyl (C=O) groups is 1. The molecule has 0 unspecified atom stereocenters. The number of rotatable bonds is 6. The molecular formula is C10H19NO2. The van der Waals surface area contributed by atoms with Crippen molar-refractivity contribution < 1.29 is 9.53 Å². The summed E-state index contributed by atoms with van der Waals surface area (Å²) in [5.74, 6) is -0.0779. The number of ether oxygens (including phenoxy) is 1. The summed E-state index contributed by atoms with van der Waals surface area (Å²) in [5.41, 5.74) is 0. The van der Waals surface area contributed by atoms with E-state index in [1.54, 1.807) is 14.2 Å². The van der Waals surface area contributed by atoms with Crippen LogP contribution in [-0.2, 0) is 9.53 Å². The first-order valence-corrected chi connectivity index (χ1v) is 4.52. The molecule has 3 heteroatoms. The van der Waals surface area contributed by atoms with Crippen LogP contribution in [0.2, 0.25) is 0 Å². The van der Waals surface area contributed by atoms with Gasteiger partial charge in [-0.3, -0.25) is 4.79 Å². The van der Waals surface area contributed by atoms with Crippen molar-refractivity contribution in [3.8, 4) is 0 Å². The molecule has 0 saturated heterocycles. The lowest BCUT2D eigenvalue weighted by Gasteiger charge is -2.20. The molecule has 0 radical (unpaired) electrons. The minimum Gasteiger partial charge on any atom is -0.381 e. The number of amides is 1. The third-order valence-corrected chi connectivity index (χ3v) is 2.18. The van der Waals surface area contributed by atoms with E-state index in [-0.39, 0.29) is 17.9 Å². The van der Waals surface area contributed by atoms with Crippen molar-refractivity contribution in [2.24, 2.45) is 5.92 Å². The van der Waals surface area contributed by atoms with Crippen LogP contribution < -0.4 is 5.32 Å². The zero-order valence-corrected chi connectivity index (χ0v) is 8.67. The Morgan fingerprint density at radius 2 is 2.31 bits per heavy atom. The monoisotopic (exact) mass is 185 g/mol. The van der Waals surface area contributed by atoms with Crippen LogP contribution in [0.15, 0.2) is 12.7 Å². The molecule has 1 amide bonds. The quantitative estimate of drug-likeness (QED) is 0.634. The zero-order chi connectivity index (χ0) is 10.3. The largest absolute Gasteiger partial charge is 0.381 e. The van der Waals surface area contributed by atoms with E-state index in [1.165, 1.54) is 0 Å². The molecule has 0 aromatic carbocycles. The van der Waals surface area contributed by atoms with Crippen LogP contribution >= 0.6 is 0 Å².